The fourth-order valence-electron chi connectivity index (χ4n) is 8.35. The van der Waals surface area contributed by atoms with Gasteiger partial charge in [0, 0.05) is 44.8 Å². The molecule has 0 bridgehead atoms. The van der Waals surface area contributed by atoms with Crippen molar-refractivity contribution in [1.82, 2.24) is 38.6 Å². The Labute approximate surface area is 426 Å². The molecule has 7 rings (SSSR count). The maximum atomic E-state index is 14.1. The van der Waals surface area contributed by atoms with Gasteiger partial charge in [-0.2, -0.15) is 15.0 Å². The van der Waals surface area contributed by atoms with Gasteiger partial charge >= 0.3 is 25.9 Å². The van der Waals surface area contributed by atoms with Crippen molar-refractivity contribution in [3.63, 3.8) is 0 Å². The summed E-state index contributed by atoms with van der Waals surface area (Å²) in [6, 6.07) is 0. The van der Waals surface area contributed by atoms with Crippen molar-refractivity contribution in [2.75, 3.05) is 91.4 Å². The summed E-state index contributed by atoms with van der Waals surface area (Å²) >= 11 is 5.57. The number of nitrogens with one attached hydrogen (secondary N) is 1. The number of anilines is 3. The van der Waals surface area contributed by atoms with E-state index in [9.17, 15) is 33.8 Å². The van der Waals surface area contributed by atoms with Gasteiger partial charge in [0.1, 0.15) is 60.5 Å². The molecule has 10 N–H and O–H groups in total. The van der Waals surface area contributed by atoms with E-state index in [1.807, 2.05) is 0 Å². The number of nitrogen functional groups attached to an aromatic ring is 3. The topological polar surface area (TPSA) is 409 Å². The Bertz CT molecular complexity index is 2840. The quantitative estimate of drug-likeness (QED) is 0.0283. The molecule has 74 heavy (non-hydrogen) atoms. The highest BCUT2D eigenvalue weighted by Gasteiger charge is 2.54. The van der Waals surface area contributed by atoms with Gasteiger partial charge in [-0.3, -0.25) is 37.1 Å². The molecule has 14 atom stereocenters. The number of aliphatic hydroxyl groups is 1. The summed E-state index contributed by atoms with van der Waals surface area (Å²) in [4.78, 5) is 80.9. The lowest BCUT2D eigenvalue weighted by molar-refractivity contribution is -0.0847. The molecule has 5 unspecified atom stereocenters. The van der Waals surface area contributed by atoms with E-state index in [2.05, 4.69) is 24.9 Å². The third-order valence-electron chi connectivity index (χ3n) is 12.0. The summed E-state index contributed by atoms with van der Waals surface area (Å²) in [5, 5.41) is 11.4. The highest BCUT2D eigenvalue weighted by Crippen LogP contribution is 2.53. The van der Waals surface area contributed by atoms with E-state index < -0.39 is 118 Å². The molecule has 34 heteroatoms. The zero-order chi connectivity index (χ0) is 53.6. The third-order valence-corrected chi connectivity index (χ3v) is 14.6. The Morgan fingerprint density at radius 3 is 1.73 bits per heavy atom. The second-order valence-electron chi connectivity index (χ2n) is 17.0. The molecule has 0 saturated carbocycles. The van der Waals surface area contributed by atoms with Crippen LogP contribution in [0.5, 0.6) is 0 Å². The van der Waals surface area contributed by atoms with Crippen LogP contribution in [0.2, 0.25) is 0 Å². The predicted molar refractivity (Wildman–Crippen MR) is 259 cm³/mol. The Kier molecular flexibility index (Phi) is 19.3. The molecule has 0 spiro atoms. The maximum Gasteiger partial charge on any atom is 0.472 e. The van der Waals surface area contributed by atoms with Crippen molar-refractivity contribution >= 4 is 55.1 Å². The summed E-state index contributed by atoms with van der Waals surface area (Å²) < 4.78 is 93.4. The van der Waals surface area contributed by atoms with Crippen LogP contribution in [0.25, 0.3) is 11.2 Å². The van der Waals surface area contributed by atoms with E-state index in [4.69, 9.17) is 89.7 Å². The van der Waals surface area contributed by atoms with Crippen LogP contribution in [-0.4, -0.2) is 183 Å². The lowest BCUT2D eigenvalue weighted by Gasteiger charge is -2.29. The highest BCUT2D eigenvalue weighted by atomic mass is 32.5. The smallest absolute Gasteiger partial charge is 0.387 e. The molecule has 0 aliphatic carbocycles. The van der Waals surface area contributed by atoms with Crippen molar-refractivity contribution in [3.8, 4) is 0 Å². The van der Waals surface area contributed by atoms with Gasteiger partial charge in [0.2, 0.25) is 5.95 Å². The molecule has 4 aromatic rings. The summed E-state index contributed by atoms with van der Waals surface area (Å²) in [6.45, 7) is -1.06. The summed E-state index contributed by atoms with van der Waals surface area (Å²) in [6.07, 6.45) is -11.5. The first-order valence-electron chi connectivity index (χ1n) is 22.9. The van der Waals surface area contributed by atoms with E-state index in [-0.39, 0.29) is 74.8 Å². The number of hydrogen-bond acceptors (Lipinski definition) is 26. The molecule has 412 valence electrons. The van der Waals surface area contributed by atoms with Crippen molar-refractivity contribution < 1.29 is 80.2 Å². The Balaban J connectivity index is 1.15. The largest absolute Gasteiger partial charge is 0.472 e. The number of aliphatic hydroxyl groups excluding tert-OH is 1. The van der Waals surface area contributed by atoms with Gasteiger partial charge in [-0.15, -0.1) is 0 Å². The van der Waals surface area contributed by atoms with E-state index in [1.165, 1.54) is 44.6 Å². The normalized spacial score (nSPS) is 28.8. The molecule has 31 nitrogen and oxygen atoms in total. The number of imidazole rings is 1. The molecule has 0 radical (unpaired) electrons. The summed E-state index contributed by atoms with van der Waals surface area (Å²) in [5.74, 6) is -0.300. The number of hydrogen-bond donors (Lipinski definition) is 7. The zero-order valence-electron chi connectivity index (χ0n) is 41.0. The monoisotopic (exact) mass is 1110 g/mol. The first-order chi connectivity index (χ1) is 35.2. The first-order valence-corrected chi connectivity index (χ1v) is 27.0. The lowest BCUT2D eigenvalue weighted by Crippen LogP contribution is -2.41. The van der Waals surface area contributed by atoms with Crippen LogP contribution < -0.4 is 34.1 Å². The van der Waals surface area contributed by atoms with Gasteiger partial charge in [0.25, 0.3) is 5.56 Å². The Morgan fingerprint density at radius 2 is 1.18 bits per heavy atom. The van der Waals surface area contributed by atoms with Crippen molar-refractivity contribution in [2.24, 2.45) is 0 Å². The van der Waals surface area contributed by atoms with Gasteiger partial charge < -0.3 is 79.2 Å². The fraction of sp³-hybridized carbons (Fsp3) is 0.675. The molecule has 7 heterocycles. The fourth-order valence-corrected chi connectivity index (χ4v) is 10.8. The van der Waals surface area contributed by atoms with Crippen LogP contribution in [-0.2, 0) is 77.1 Å². The lowest BCUT2D eigenvalue weighted by atomic mass is 10.1. The summed E-state index contributed by atoms with van der Waals surface area (Å²) in [7, 11) is -1.04. The predicted octanol–water partition coefficient (Wildman–Crippen LogP) is -1.32. The van der Waals surface area contributed by atoms with Gasteiger partial charge in [-0.1, -0.05) is 6.92 Å². The Morgan fingerprint density at radius 1 is 0.689 bits per heavy atom. The number of rotatable bonds is 26. The number of phosphoric acid groups is 1. The number of phosphoric ester groups is 1. The number of H-pyrrole nitrogens is 1. The number of methoxy groups -OCH3 is 3. The Hall–Kier alpha value is -4.25. The average molecular weight is 1110 g/mol. The van der Waals surface area contributed by atoms with Gasteiger partial charge in [0.05, 0.1) is 65.3 Å². The number of aromatic nitrogens is 8. The van der Waals surface area contributed by atoms with E-state index in [0.29, 0.717) is 11.1 Å². The van der Waals surface area contributed by atoms with Crippen LogP contribution in [0.15, 0.2) is 33.1 Å². The zero-order valence-corrected chi connectivity index (χ0v) is 43.6. The molecule has 4 aromatic heterocycles. The molecule has 3 aliphatic heterocycles. The van der Waals surface area contributed by atoms with Crippen LogP contribution in [0.1, 0.15) is 43.2 Å². The standard InChI is InChI=1S/C40H61N11O20P2S/c1-7-21-26(29(63-12-9-60-5)37(67-21)51-18-44-24-33(51)47-38(43)48-34(24)53)71-73(58,74)66-17-23-27(30(64-13-10-61-6)36(69-23)50-15-20(3)32(42)46-40(50)55)70-72(56,57)65-16-22-25(52)28(62-11-8-59-4)35(68-22)49-14-19(2)31(41)45-39(49)54/h14-15,18,21-23,25-30,35-37,52H,7-13,16-17H2,1-6H3,(H,56,57)(H,58,74)(H2,41,45,54)(H2,42,46,55)(H3,43,47,48,53)/t21-,22-,23-,25+,26+,27+,28?,29?,30?,35-,36-,37-,73?/m1/s1. The van der Waals surface area contributed by atoms with Gasteiger partial charge in [0.15, 0.2) is 29.8 Å². The van der Waals surface area contributed by atoms with Crippen molar-refractivity contribution in [1.29, 1.82) is 0 Å². The van der Waals surface area contributed by atoms with Gasteiger partial charge in [-0.05, 0) is 32.1 Å². The minimum absolute atomic E-state index is 0.00705. The van der Waals surface area contributed by atoms with E-state index >= 15 is 0 Å². The molecule has 3 fully saturated rings. The second kappa shape index (κ2) is 24.8. The number of nitrogens with zero attached hydrogens (tertiary/aromatic N) is 7. The van der Waals surface area contributed by atoms with Crippen LogP contribution in [0, 0.1) is 13.8 Å². The van der Waals surface area contributed by atoms with Crippen LogP contribution in [0.4, 0.5) is 17.6 Å². The summed E-state index contributed by atoms with van der Waals surface area (Å²) in [5.41, 5.74) is 16.1. The van der Waals surface area contributed by atoms with Crippen LogP contribution >= 0.6 is 14.5 Å². The first kappa shape index (κ1) is 57.5. The molecular weight excluding hydrogens is 1050 g/mol. The highest BCUT2D eigenvalue weighted by molar-refractivity contribution is 8.07. The van der Waals surface area contributed by atoms with Gasteiger partial charge in [-0.25, -0.2) is 19.1 Å². The number of aryl methyl sites for hydroxylation is 2. The van der Waals surface area contributed by atoms with Crippen molar-refractivity contribution in [3.05, 3.63) is 61.2 Å². The third kappa shape index (κ3) is 13.1. The molecular formula is C40H61N11O20P2S. The molecule has 0 amide bonds. The minimum atomic E-state index is -5.34. The van der Waals surface area contributed by atoms with Crippen molar-refractivity contribution in [2.45, 2.75) is 101 Å². The molecule has 3 saturated heterocycles. The average Bonchev–Trinajstić information content (AvgIpc) is 4.09. The number of fused-ring (bicyclic) bond motifs is 1. The molecule has 0 aromatic carbocycles. The number of aromatic amines is 1. The van der Waals surface area contributed by atoms with Crippen LogP contribution in [0.3, 0.4) is 0 Å². The second-order valence-corrected chi connectivity index (χ2v) is 21.2. The minimum Gasteiger partial charge on any atom is -0.387 e. The van der Waals surface area contributed by atoms with E-state index in [0.717, 1.165) is 9.13 Å². The molecule has 3 aliphatic rings. The number of nitrogens with two attached hydrogens (primary N) is 3. The maximum absolute atomic E-state index is 14.1. The number of ether oxygens (including phenoxy) is 9. The van der Waals surface area contributed by atoms with E-state index in [1.54, 1.807) is 20.8 Å². The SMILES string of the molecule is CC[C@H]1O[C@@H](n2cnc3c(=O)[nH]c(N)nc32)C(OCCOC)[C@H]1OP(O)(=S)OC[C@H]1O[C@@H](n2cc(C)c(N)nc2=O)C(OCCOC)[C@H]1OP(=O)(O)OC[C@H]1O[C@@H](n2cc(C)c(N)nc2=O)C(OCCOC)[C@H]1O.